The van der Waals surface area contributed by atoms with Gasteiger partial charge >= 0.3 is 0 Å². The summed E-state index contributed by atoms with van der Waals surface area (Å²) in [5, 5.41) is 5.43. The van der Waals surface area contributed by atoms with Crippen LogP contribution in [-0.2, 0) is 0 Å². The fourth-order valence-electron chi connectivity index (χ4n) is 1.27. The molecule has 1 aromatic heterocycles. The molecule has 0 amide bonds. The number of benzene rings is 1. The van der Waals surface area contributed by atoms with E-state index in [1.165, 1.54) is 0 Å². The molecule has 0 saturated carbocycles. The zero-order valence-electron chi connectivity index (χ0n) is 6.69. The monoisotopic (exact) mass is 176 g/mol. The molecule has 0 atom stereocenters. The van der Waals surface area contributed by atoms with Gasteiger partial charge in [0.05, 0.1) is 11.2 Å². The van der Waals surface area contributed by atoms with Gasteiger partial charge in [0, 0.05) is 16.7 Å². The highest BCUT2D eigenvalue weighted by atomic mass is 32.1. The molecule has 3 heteroatoms. The Balaban J connectivity index is 2.94. The van der Waals surface area contributed by atoms with E-state index in [0.29, 0.717) is 0 Å². The first-order chi connectivity index (χ1) is 5.83. The van der Waals surface area contributed by atoms with E-state index in [-0.39, 0.29) is 0 Å². The smallest absolute Gasteiger partial charge is 0.0864 e. The number of fused-ring (bicyclic) bond motifs is 1. The van der Waals surface area contributed by atoms with Gasteiger partial charge in [-0.05, 0) is 13.0 Å². The third-order valence-corrected chi connectivity index (χ3v) is 2.32. The van der Waals surface area contributed by atoms with Crippen LogP contribution in [0.5, 0.6) is 0 Å². The number of aryl methyl sites for hydroxylation is 1. The molecule has 0 aliphatic carbocycles. The number of hydrogen-bond donors (Lipinski definition) is 0. The molecule has 2 aromatic rings. The molecule has 0 saturated heterocycles. The molecule has 60 valence electrons. The molecule has 1 heterocycles. The largest absolute Gasteiger partial charge is 0.179 e. The van der Waals surface area contributed by atoms with E-state index in [9.17, 15) is 0 Å². The fraction of sp³-hybridized carbons (Fsp3) is 0.111. The normalized spacial score (nSPS) is 10.3. The summed E-state index contributed by atoms with van der Waals surface area (Å²) in [4.78, 5) is 0. The second-order valence-electron chi connectivity index (χ2n) is 2.58. The van der Waals surface area contributed by atoms with Crippen LogP contribution < -0.4 is 0 Å². The van der Waals surface area contributed by atoms with E-state index < -0.39 is 0 Å². The average Bonchev–Trinajstić information content (AvgIpc) is 2.44. The van der Waals surface area contributed by atoms with Gasteiger partial charge in [0.15, 0.2) is 0 Å². The van der Waals surface area contributed by atoms with E-state index in [2.05, 4.69) is 5.10 Å². The molecule has 0 fully saturated rings. The van der Waals surface area contributed by atoms with Crippen molar-refractivity contribution >= 4 is 22.3 Å². The van der Waals surface area contributed by atoms with Crippen LogP contribution in [0.1, 0.15) is 5.69 Å². The van der Waals surface area contributed by atoms with Crippen molar-refractivity contribution in [2.45, 2.75) is 6.92 Å². The number of para-hydroxylation sites is 1. The Labute approximate surface area is 74.5 Å². The summed E-state index contributed by atoms with van der Waals surface area (Å²) in [5.41, 5.74) is 7.54. The predicted octanol–water partition coefficient (Wildman–Crippen LogP) is 2.43. The van der Waals surface area contributed by atoms with Crippen molar-refractivity contribution in [3.05, 3.63) is 30.0 Å². The van der Waals surface area contributed by atoms with E-state index >= 15 is 0 Å². The number of aromatic nitrogens is 2. The lowest BCUT2D eigenvalue weighted by Crippen LogP contribution is -1.81. The van der Waals surface area contributed by atoms with Crippen molar-refractivity contribution in [1.29, 1.82) is 0 Å². The van der Waals surface area contributed by atoms with E-state index in [1.807, 2.05) is 31.2 Å². The minimum atomic E-state index is 1.02. The Kier molecular flexibility index (Phi) is 1.61. The first kappa shape index (κ1) is 7.35. The Morgan fingerprint density at radius 3 is 2.92 bits per heavy atom. The van der Waals surface area contributed by atoms with Gasteiger partial charge < -0.3 is 0 Å². The molecule has 1 aromatic carbocycles. The topological polar surface area (TPSA) is 17.8 Å². The first-order valence-corrected chi connectivity index (χ1v) is 4.48. The van der Waals surface area contributed by atoms with E-state index in [1.54, 1.807) is 4.09 Å². The fourth-order valence-corrected chi connectivity index (χ4v) is 1.71. The van der Waals surface area contributed by atoms with Crippen LogP contribution in [0, 0.1) is 12.6 Å². The van der Waals surface area contributed by atoms with Gasteiger partial charge in [-0.1, -0.05) is 23.9 Å². The SMILES string of the molecule is C#Sn1nc(C)c2ccccc21. The van der Waals surface area contributed by atoms with Gasteiger partial charge in [0.1, 0.15) is 0 Å². The Morgan fingerprint density at radius 1 is 1.42 bits per heavy atom. The van der Waals surface area contributed by atoms with Crippen molar-refractivity contribution in [2.24, 2.45) is 0 Å². The summed E-state index contributed by atoms with van der Waals surface area (Å²) in [5.74, 6) is 0. The van der Waals surface area contributed by atoms with Crippen LogP contribution in [0.3, 0.4) is 0 Å². The van der Waals surface area contributed by atoms with Crippen LogP contribution in [0.25, 0.3) is 10.9 Å². The lowest BCUT2D eigenvalue weighted by Gasteiger charge is -1.89. The first-order valence-electron chi connectivity index (χ1n) is 3.64. The van der Waals surface area contributed by atoms with Crippen molar-refractivity contribution in [2.75, 3.05) is 0 Å². The zero-order valence-corrected chi connectivity index (χ0v) is 7.51. The van der Waals surface area contributed by atoms with Crippen molar-refractivity contribution in [3.8, 4) is 5.69 Å². The molecule has 0 bridgehead atoms. The van der Waals surface area contributed by atoms with Crippen LogP contribution in [0.4, 0.5) is 0 Å². The van der Waals surface area contributed by atoms with Crippen LogP contribution in [0.2, 0.25) is 0 Å². The second-order valence-corrected chi connectivity index (χ2v) is 3.14. The zero-order chi connectivity index (χ0) is 8.55. The summed E-state index contributed by atoms with van der Waals surface area (Å²) in [7, 11) is 0. The van der Waals surface area contributed by atoms with Crippen LogP contribution in [-0.4, -0.2) is 9.19 Å². The van der Waals surface area contributed by atoms with Gasteiger partial charge in [-0.25, -0.2) is 0 Å². The quantitative estimate of drug-likeness (QED) is 0.602. The second kappa shape index (κ2) is 2.63. The maximum atomic E-state index is 5.45. The van der Waals surface area contributed by atoms with Crippen molar-refractivity contribution in [1.82, 2.24) is 9.19 Å². The highest BCUT2D eigenvalue weighted by Crippen LogP contribution is 2.18. The number of rotatable bonds is 0. The molecule has 12 heavy (non-hydrogen) atoms. The lowest BCUT2D eigenvalue weighted by molar-refractivity contribution is 1.01. The number of hydrogen-bond acceptors (Lipinski definition) is 1. The van der Waals surface area contributed by atoms with E-state index in [4.69, 9.17) is 5.69 Å². The van der Waals surface area contributed by atoms with E-state index in [0.717, 1.165) is 28.0 Å². The summed E-state index contributed by atoms with van der Waals surface area (Å²) in [6, 6.07) is 8.04. The lowest BCUT2D eigenvalue weighted by atomic mass is 10.2. The van der Waals surface area contributed by atoms with Crippen molar-refractivity contribution in [3.63, 3.8) is 0 Å². The minimum absolute atomic E-state index is 1.02. The van der Waals surface area contributed by atoms with Gasteiger partial charge in [0.2, 0.25) is 0 Å². The summed E-state index contributed by atoms with van der Waals surface area (Å²) in [6.07, 6.45) is 0. The Morgan fingerprint density at radius 2 is 2.17 bits per heavy atom. The Bertz CT molecular complexity index is 465. The molecular formula is C9H8N2S. The standard InChI is InChI=1S/C9H8N2S/c1-7-8-5-3-4-6-9(8)11(10-7)12-2/h2-6H,1H3. The molecule has 0 aliphatic heterocycles. The third-order valence-electron chi connectivity index (χ3n) is 1.84. The Hall–Kier alpha value is -1.31. The highest BCUT2D eigenvalue weighted by Gasteiger charge is 2.02. The van der Waals surface area contributed by atoms with Gasteiger partial charge in [-0.15, -0.1) is 0 Å². The van der Waals surface area contributed by atoms with Gasteiger partial charge in [-0.3, -0.25) is 0 Å². The van der Waals surface area contributed by atoms with Crippen LogP contribution >= 0.6 is 11.4 Å². The predicted molar refractivity (Wildman–Crippen MR) is 52.4 cm³/mol. The van der Waals surface area contributed by atoms with Gasteiger partial charge in [-0.2, -0.15) is 9.19 Å². The summed E-state index contributed by atoms with van der Waals surface area (Å²) >= 11 is 1.12. The molecule has 0 N–H and O–H groups in total. The minimum Gasteiger partial charge on any atom is -0.179 e. The highest BCUT2D eigenvalue weighted by molar-refractivity contribution is 7.86. The van der Waals surface area contributed by atoms with Crippen LogP contribution in [0.15, 0.2) is 24.3 Å². The molecular weight excluding hydrogens is 168 g/mol. The summed E-state index contributed by atoms with van der Waals surface area (Å²) in [6.45, 7) is 1.98. The third kappa shape index (κ3) is 0.916. The molecule has 0 spiro atoms. The van der Waals surface area contributed by atoms with Gasteiger partial charge in [0.25, 0.3) is 0 Å². The molecule has 2 nitrogen and oxygen atoms in total. The average molecular weight is 176 g/mol. The summed E-state index contributed by atoms with van der Waals surface area (Å²) < 4.78 is 1.73. The molecule has 0 unspecified atom stereocenters. The number of nitrogens with zero attached hydrogens (tertiary/aromatic N) is 2. The maximum Gasteiger partial charge on any atom is 0.0864 e. The maximum absolute atomic E-state index is 5.45. The molecule has 0 radical (unpaired) electrons. The molecule has 0 aliphatic rings. The van der Waals surface area contributed by atoms with Crippen molar-refractivity contribution < 1.29 is 0 Å². The molecule has 2 rings (SSSR count).